The fourth-order valence-corrected chi connectivity index (χ4v) is 1.18. The molecule has 0 saturated carbocycles. The number of nitrogens with zero attached hydrogens (tertiary/aromatic N) is 3. The standard InChI is InChI=1S/C7H9Cl2N3O/c1-13-4-2-3-5-6(8)11-12-7(9)10-5/h2-4H2,1H3. The Morgan fingerprint density at radius 1 is 1.31 bits per heavy atom. The normalized spacial score (nSPS) is 10.4. The fourth-order valence-electron chi connectivity index (χ4n) is 0.866. The van der Waals surface area contributed by atoms with Crippen LogP contribution in [0.2, 0.25) is 10.4 Å². The molecule has 1 rings (SSSR count). The molecule has 4 nitrogen and oxygen atoms in total. The van der Waals surface area contributed by atoms with Crippen molar-refractivity contribution in [3.63, 3.8) is 0 Å². The monoisotopic (exact) mass is 221 g/mol. The van der Waals surface area contributed by atoms with Gasteiger partial charge in [-0.1, -0.05) is 11.6 Å². The summed E-state index contributed by atoms with van der Waals surface area (Å²) >= 11 is 11.3. The topological polar surface area (TPSA) is 47.9 Å². The number of rotatable bonds is 4. The summed E-state index contributed by atoms with van der Waals surface area (Å²) in [5.41, 5.74) is 0.665. The minimum Gasteiger partial charge on any atom is -0.385 e. The lowest BCUT2D eigenvalue weighted by Crippen LogP contribution is -2.00. The Hall–Kier alpha value is -0.450. The van der Waals surface area contributed by atoms with E-state index in [0.29, 0.717) is 23.9 Å². The molecule has 0 aromatic carbocycles. The molecule has 0 unspecified atom stereocenters. The third-order valence-electron chi connectivity index (χ3n) is 1.45. The molecule has 0 saturated heterocycles. The van der Waals surface area contributed by atoms with E-state index in [-0.39, 0.29) is 5.28 Å². The van der Waals surface area contributed by atoms with Crippen LogP contribution in [-0.4, -0.2) is 28.9 Å². The number of aromatic nitrogens is 3. The zero-order chi connectivity index (χ0) is 9.68. The summed E-state index contributed by atoms with van der Waals surface area (Å²) in [6.45, 7) is 0.665. The summed E-state index contributed by atoms with van der Waals surface area (Å²) in [4.78, 5) is 3.95. The average molecular weight is 222 g/mol. The minimum atomic E-state index is 0.122. The van der Waals surface area contributed by atoms with Crippen molar-refractivity contribution in [1.82, 2.24) is 15.2 Å². The molecule has 0 bridgehead atoms. The van der Waals surface area contributed by atoms with E-state index in [1.807, 2.05) is 0 Å². The van der Waals surface area contributed by atoms with Gasteiger partial charge in [-0.05, 0) is 24.4 Å². The molecule has 6 heteroatoms. The summed E-state index contributed by atoms with van der Waals surface area (Å²) in [6, 6.07) is 0. The number of methoxy groups -OCH3 is 1. The predicted octanol–water partition coefficient (Wildman–Crippen LogP) is 1.76. The molecule has 0 aliphatic rings. The second-order valence-corrected chi connectivity index (χ2v) is 3.11. The summed E-state index contributed by atoms with van der Waals surface area (Å²) in [6.07, 6.45) is 1.53. The lowest BCUT2D eigenvalue weighted by atomic mass is 10.2. The van der Waals surface area contributed by atoms with Crippen molar-refractivity contribution >= 4 is 23.2 Å². The van der Waals surface area contributed by atoms with Crippen molar-refractivity contribution in [2.45, 2.75) is 12.8 Å². The van der Waals surface area contributed by atoms with Gasteiger partial charge < -0.3 is 4.74 Å². The van der Waals surface area contributed by atoms with E-state index in [1.54, 1.807) is 7.11 Å². The third-order valence-corrected chi connectivity index (χ3v) is 1.90. The highest BCUT2D eigenvalue weighted by molar-refractivity contribution is 6.30. The first-order chi connectivity index (χ1) is 6.24. The quantitative estimate of drug-likeness (QED) is 0.728. The molecule has 0 N–H and O–H groups in total. The summed E-state index contributed by atoms with van der Waals surface area (Å²) in [5, 5.41) is 7.57. The molecule has 0 aliphatic carbocycles. The van der Waals surface area contributed by atoms with Crippen molar-refractivity contribution in [2.75, 3.05) is 13.7 Å². The Balaban J connectivity index is 2.59. The first-order valence-electron chi connectivity index (χ1n) is 3.77. The number of hydrogen-bond acceptors (Lipinski definition) is 4. The number of hydrogen-bond donors (Lipinski definition) is 0. The fraction of sp³-hybridized carbons (Fsp3) is 0.571. The second-order valence-electron chi connectivity index (χ2n) is 2.41. The van der Waals surface area contributed by atoms with Crippen LogP contribution in [0.3, 0.4) is 0 Å². The van der Waals surface area contributed by atoms with Crippen LogP contribution in [0.5, 0.6) is 0 Å². The number of aryl methyl sites for hydroxylation is 1. The molecule has 0 fully saturated rings. The Labute approximate surface area is 86.2 Å². The van der Waals surface area contributed by atoms with Gasteiger partial charge in [0, 0.05) is 13.7 Å². The molecule has 0 amide bonds. The van der Waals surface area contributed by atoms with Crippen molar-refractivity contribution in [3.8, 4) is 0 Å². The molecule has 0 radical (unpaired) electrons. The van der Waals surface area contributed by atoms with Gasteiger partial charge in [0.05, 0.1) is 5.69 Å². The molecule has 0 atom stereocenters. The number of halogens is 2. The molecular weight excluding hydrogens is 213 g/mol. The minimum absolute atomic E-state index is 0.122. The maximum absolute atomic E-state index is 5.74. The summed E-state index contributed by atoms with van der Waals surface area (Å²) in [7, 11) is 1.65. The summed E-state index contributed by atoms with van der Waals surface area (Å²) in [5.74, 6) is 0. The highest BCUT2D eigenvalue weighted by atomic mass is 35.5. The average Bonchev–Trinajstić information content (AvgIpc) is 2.11. The smallest absolute Gasteiger partial charge is 0.243 e. The van der Waals surface area contributed by atoms with Crippen LogP contribution in [0.25, 0.3) is 0 Å². The van der Waals surface area contributed by atoms with Gasteiger partial charge in [0.1, 0.15) is 0 Å². The molecule has 0 aliphatic heterocycles. The lowest BCUT2D eigenvalue weighted by molar-refractivity contribution is 0.195. The van der Waals surface area contributed by atoms with E-state index in [2.05, 4.69) is 15.2 Å². The molecule has 1 aromatic heterocycles. The van der Waals surface area contributed by atoms with Crippen molar-refractivity contribution in [3.05, 3.63) is 16.1 Å². The SMILES string of the molecule is COCCCc1nc(Cl)nnc1Cl. The number of ether oxygens (including phenoxy) is 1. The zero-order valence-electron chi connectivity index (χ0n) is 7.13. The lowest BCUT2D eigenvalue weighted by Gasteiger charge is -2.01. The molecule has 1 aromatic rings. The Kier molecular flexibility index (Phi) is 4.35. The van der Waals surface area contributed by atoms with E-state index in [1.165, 1.54) is 0 Å². The van der Waals surface area contributed by atoms with Crippen LogP contribution < -0.4 is 0 Å². The Morgan fingerprint density at radius 3 is 2.77 bits per heavy atom. The van der Waals surface area contributed by atoms with Gasteiger partial charge in [0.2, 0.25) is 5.28 Å². The van der Waals surface area contributed by atoms with Gasteiger partial charge in [0.25, 0.3) is 0 Å². The van der Waals surface area contributed by atoms with Gasteiger partial charge >= 0.3 is 0 Å². The van der Waals surface area contributed by atoms with Gasteiger partial charge in [-0.25, -0.2) is 4.98 Å². The van der Waals surface area contributed by atoms with Gasteiger partial charge in [-0.3, -0.25) is 0 Å². The van der Waals surface area contributed by atoms with Crippen LogP contribution in [0, 0.1) is 0 Å². The molecule has 72 valence electrons. The van der Waals surface area contributed by atoms with E-state index in [9.17, 15) is 0 Å². The summed E-state index contributed by atoms with van der Waals surface area (Å²) < 4.78 is 4.89. The van der Waals surface area contributed by atoms with Crippen LogP contribution in [0.1, 0.15) is 12.1 Å². The highest BCUT2D eigenvalue weighted by Crippen LogP contribution is 2.12. The molecular formula is C7H9Cl2N3O. The molecule has 13 heavy (non-hydrogen) atoms. The van der Waals surface area contributed by atoms with E-state index in [4.69, 9.17) is 27.9 Å². The van der Waals surface area contributed by atoms with Crippen molar-refractivity contribution < 1.29 is 4.74 Å². The van der Waals surface area contributed by atoms with Gasteiger partial charge in [0.15, 0.2) is 5.15 Å². The van der Waals surface area contributed by atoms with Crippen molar-refractivity contribution in [2.24, 2.45) is 0 Å². The van der Waals surface area contributed by atoms with Crippen LogP contribution in [0.15, 0.2) is 0 Å². The third kappa shape index (κ3) is 3.42. The van der Waals surface area contributed by atoms with Crippen LogP contribution in [0.4, 0.5) is 0 Å². The Morgan fingerprint density at radius 2 is 2.08 bits per heavy atom. The maximum atomic E-state index is 5.74. The van der Waals surface area contributed by atoms with E-state index >= 15 is 0 Å². The first kappa shape index (κ1) is 10.6. The van der Waals surface area contributed by atoms with E-state index < -0.39 is 0 Å². The van der Waals surface area contributed by atoms with Crippen molar-refractivity contribution in [1.29, 1.82) is 0 Å². The Bertz CT molecular complexity index is 282. The zero-order valence-corrected chi connectivity index (χ0v) is 8.64. The maximum Gasteiger partial charge on any atom is 0.243 e. The molecule has 1 heterocycles. The van der Waals surface area contributed by atoms with Crippen LogP contribution >= 0.6 is 23.2 Å². The first-order valence-corrected chi connectivity index (χ1v) is 4.53. The second kappa shape index (κ2) is 5.32. The van der Waals surface area contributed by atoms with E-state index in [0.717, 1.165) is 6.42 Å². The predicted molar refractivity (Wildman–Crippen MR) is 50.0 cm³/mol. The van der Waals surface area contributed by atoms with Crippen LogP contribution in [-0.2, 0) is 11.2 Å². The van der Waals surface area contributed by atoms with Gasteiger partial charge in [-0.2, -0.15) is 0 Å². The molecule has 0 spiro atoms. The largest absolute Gasteiger partial charge is 0.385 e. The van der Waals surface area contributed by atoms with Gasteiger partial charge in [-0.15, -0.1) is 10.2 Å². The highest BCUT2D eigenvalue weighted by Gasteiger charge is 2.05.